The van der Waals surface area contributed by atoms with Crippen molar-refractivity contribution in [3.63, 3.8) is 0 Å². The van der Waals surface area contributed by atoms with Crippen LogP contribution in [0.3, 0.4) is 0 Å². The fraction of sp³-hybridized carbons (Fsp3) is 0.714. The van der Waals surface area contributed by atoms with Crippen molar-refractivity contribution in [2.75, 3.05) is 13.1 Å². The molecule has 2 heterocycles. The second-order valence-corrected chi connectivity index (χ2v) is 5.84. The maximum atomic E-state index is 12.4. The van der Waals surface area contributed by atoms with E-state index in [9.17, 15) is 19.2 Å². The van der Waals surface area contributed by atoms with Gasteiger partial charge in [0.05, 0.1) is 12.5 Å². The van der Waals surface area contributed by atoms with Gasteiger partial charge in [0, 0.05) is 6.54 Å². The van der Waals surface area contributed by atoms with Crippen LogP contribution in [0.2, 0.25) is 0 Å². The van der Waals surface area contributed by atoms with Gasteiger partial charge < -0.3 is 25.7 Å². The number of carboxylic acids is 2. The summed E-state index contributed by atoms with van der Waals surface area (Å²) < 4.78 is 0. The van der Waals surface area contributed by atoms with E-state index in [-0.39, 0.29) is 11.9 Å². The molecule has 2 amide bonds. The lowest BCUT2D eigenvalue weighted by molar-refractivity contribution is -0.148. The third kappa shape index (κ3) is 4.19. The first kappa shape index (κ1) is 17.2. The summed E-state index contributed by atoms with van der Waals surface area (Å²) in [4.78, 5) is 47.9. The number of hydrogen-bond acceptors (Lipinski definition) is 5. The Morgan fingerprint density at radius 3 is 2.48 bits per heavy atom. The van der Waals surface area contributed by atoms with Crippen molar-refractivity contribution >= 4 is 23.8 Å². The molecule has 0 spiro atoms. The highest BCUT2D eigenvalue weighted by Gasteiger charge is 2.39. The van der Waals surface area contributed by atoms with E-state index in [2.05, 4.69) is 10.6 Å². The Bertz CT molecular complexity index is 503. The van der Waals surface area contributed by atoms with Gasteiger partial charge in [0.1, 0.15) is 12.1 Å². The Morgan fingerprint density at radius 2 is 1.91 bits per heavy atom. The highest BCUT2D eigenvalue weighted by molar-refractivity contribution is 5.93. The smallest absolute Gasteiger partial charge is 0.326 e. The molecule has 4 N–H and O–H groups in total. The Kier molecular flexibility index (Phi) is 5.54. The highest BCUT2D eigenvalue weighted by atomic mass is 16.4. The van der Waals surface area contributed by atoms with Crippen molar-refractivity contribution < 1.29 is 29.4 Å². The molecular weight excluding hydrogens is 306 g/mol. The molecular formula is C14H21N3O6. The Balaban J connectivity index is 2.00. The normalized spacial score (nSPS) is 25.1. The van der Waals surface area contributed by atoms with Crippen LogP contribution in [0.15, 0.2) is 0 Å². The van der Waals surface area contributed by atoms with E-state index >= 15 is 0 Å². The molecule has 0 radical (unpaired) electrons. The topological polar surface area (TPSA) is 136 Å². The summed E-state index contributed by atoms with van der Waals surface area (Å²) in [6.45, 7) is 1.21. The molecule has 2 saturated heterocycles. The number of hydrogen-bond donors (Lipinski definition) is 4. The van der Waals surface area contributed by atoms with Crippen LogP contribution in [0, 0.1) is 0 Å². The predicted molar refractivity (Wildman–Crippen MR) is 77.6 cm³/mol. The van der Waals surface area contributed by atoms with E-state index in [0.29, 0.717) is 19.4 Å². The molecule has 128 valence electrons. The molecule has 0 bridgehead atoms. The van der Waals surface area contributed by atoms with Crippen molar-refractivity contribution in [1.29, 1.82) is 0 Å². The molecule has 2 aliphatic rings. The van der Waals surface area contributed by atoms with E-state index in [4.69, 9.17) is 10.2 Å². The van der Waals surface area contributed by atoms with Gasteiger partial charge in [-0.1, -0.05) is 0 Å². The third-order valence-electron chi connectivity index (χ3n) is 4.19. The lowest BCUT2D eigenvalue weighted by atomic mass is 10.1. The molecule has 9 nitrogen and oxygen atoms in total. The first-order valence-electron chi connectivity index (χ1n) is 7.69. The molecule has 0 aromatic rings. The number of rotatable bonds is 6. The number of amides is 2. The lowest BCUT2D eigenvalue weighted by Gasteiger charge is -2.27. The zero-order valence-corrected chi connectivity index (χ0v) is 12.7. The zero-order valence-electron chi connectivity index (χ0n) is 12.7. The number of likely N-dealkylation sites (tertiary alicyclic amines) is 1. The second kappa shape index (κ2) is 7.40. The number of carbonyl (C=O) groups excluding carboxylic acids is 2. The quantitative estimate of drug-likeness (QED) is 0.480. The SMILES string of the molecule is O=C(O)C[C@H](NC(=O)[C@@H]1CCCN1C(=O)[C@@H]1CCCN1)C(=O)O. The van der Waals surface area contributed by atoms with Crippen molar-refractivity contribution in [1.82, 2.24) is 15.5 Å². The highest BCUT2D eigenvalue weighted by Crippen LogP contribution is 2.21. The standard InChI is InChI=1S/C14H21N3O6/c18-11(19)7-9(14(22)23)16-12(20)10-4-2-6-17(10)13(21)8-3-1-5-15-8/h8-10,15H,1-7H2,(H,16,20)(H,18,19)(H,22,23)/t8-,9-,10-/m0/s1. The summed E-state index contributed by atoms with van der Waals surface area (Å²) in [6.07, 6.45) is 2.03. The average molecular weight is 327 g/mol. The van der Waals surface area contributed by atoms with E-state index in [0.717, 1.165) is 19.4 Å². The van der Waals surface area contributed by atoms with Gasteiger partial charge in [-0.05, 0) is 32.2 Å². The molecule has 9 heteroatoms. The van der Waals surface area contributed by atoms with Crippen molar-refractivity contribution in [3.8, 4) is 0 Å². The summed E-state index contributed by atoms with van der Waals surface area (Å²) in [5.41, 5.74) is 0. The van der Waals surface area contributed by atoms with Crippen LogP contribution in [-0.2, 0) is 19.2 Å². The molecule has 0 aromatic heterocycles. The summed E-state index contributed by atoms with van der Waals surface area (Å²) >= 11 is 0. The van der Waals surface area contributed by atoms with Gasteiger partial charge in [-0.3, -0.25) is 14.4 Å². The molecule has 0 aromatic carbocycles. The number of nitrogens with one attached hydrogen (secondary N) is 2. The van der Waals surface area contributed by atoms with Crippen LogP contribution in [-0.4, -0.2) is 70.1 Å². The minimum atomic E-state index is -1.50. The number of carboxylic acid groups (broad SMARTS) is 2. The Morgan fingerprint density at radius 1 is 1.17 bits per heavy atom. The number of aliphatic carboxylic acids is 2. The van der Waals surface area contributed by atoms with Gasteiger partial charge in [-0.2, -0.15) is 0 Å². The van der Waals surface area contributed by atoms with Crippen molar-refractivity contribution in [2.45, 2.75) is 50.2 Å². The van der Waals surface area contributed by atoms with Crippen LogP contribution in [0.4, 0.5) is 0 Å². The molecule has 23 heavy (non-hydrogen) atoms. The minimum Gasteiger partial charge on any atom is -0.481 e. The maximum absolute atomic E-state index is 12.4. The average Bonchev–Trinajstić information content (AvgIpc) is 3.16. The minimum absolute atomic E-state index is 0.148. The predicted octanol–water partition coefficient (Wildman–Crippen LogP) is -1.23. The third-order valence-corrected chi connectivity index (χ3v) is 4.19. The fourth-order valence-corrected chi connectivity index (χ4v) is 3.04. The first-order chi connectivity index (χ1) is 10.9. The van der Waals surface area contributed by atoms with Gasteiger partial charge in [0.25, 0.3) is 0 Å². The van der Waals surface area contributed by atoms with Gasteiger partial charge >= 0.3 is 11.9 Å². The van der Waals surface area contributed by atoms with E-state index < -0.39 is 36.4 Å². The Hall–Kier alpha value is -2.16. The van der Waals surface area contributed by atoms with Gasteiger partial charge in [-0.25, -0.2) is 4.79 Å². The number of nitrogens with zero attached hydrogens (tertiary/aromatic N) is 1. The first-order valence-corrected chi connectivity index (χ1v) is 7.69. The van der Waals surface area contributed by atoms with Crippen molar-refractivity contribution in [3.05, 3.63) is 0 Å². The second-order valence-electron chi connectivity index (χ2n) is 5.84. The van der Waals surface area contributed by atoms with Gasteiger partial charge in [0.15, 0.2) is 0 Å². The van der Waals surface area contributed by atoms with Crippen LogP contribution in [0.5, 0.6) is 0 Å². The Labute approximate surface area is 133 Å². The zero-order chi connectivity index (χ0) is 17.0. The van der Waals surface area contributed by atoms with E-state index in [1.807, 2.05) is 0 Å². The summed E-state index contributed by atoms with van der Waals surface area (Å²) in [5.74, 6) is -3.48. The van der Waals surface area contributed by atoms with Crippen LogP contribution >= 0.6 is 0 Å². The molecule has 3 atom stereocenters. The lowest BCUT2D eigenvalue weighted by Crippen LogP contribution is -2.54. The monoisotopic (exact) mass is 327 g/mol. The number of carbonyl (C=O) groups is 4. The largest absolute Gasteiger partial charge is 0.481 e. The van der Waals surface area contributed by atoms with E-state index in [1.54, 1.807) is 0 Å². The summed E-state index contributed by atoms with van der Waals surface area (Å²) in [7, 11) is 0. The molecule has 2 aliphatic heterocycles. The maximum Gasteiger partial charge on any atom is 0.326 e. The molecule has 0 saturated carbocycles. The van der Waals surface area contributed by atoms with Gasteiger partial charge in [0.2, 0.25) is 11.8 Å². The summed E-state index contributed by atoms with van der Waals surface area (Å²) in [6, 6.07) is -2.53. The van der Waals surface area contributed by atoms with Crippen molar-refractivity contribution in [2.24, 2.45) is 0 Å². The summed E-state index contributed by atoms with van der Waals surface area (Å²) in [5, 5.41) is 23.0. The van der Waals surface area contributed by atoms with Crippen LogP contribution < -0.4 is 10.6 Å². The van der Waals surface area contributed by atoms with Crippen LogP contribution in [0.1, 0.15) is 32.1 Å². The fourth-order valence-electron chi connectivity index (χ4n) is 3.04. The van der Waals surface area contributed by atoms with E-state index in [1.165, 1.54) is 4.90 Å². The molecule has 2 fully saturated rings. The van der Waals surface area contributed by atoms with Crippen LogP contribution in [0.25, 0.3) is 0 Å². The van der Waals surface area contributed by atoms with Gasteiger partial charge in [-0.15, -0.1) is 0 Å². The molecule has 0 unspecified atom stereocenters. The molecule has 0 aliphatic carbocycles. The molecule has 2 rings (SSSR count).